The van der Waals surface area contributed by atoms with Crippen LogP contribution < -0.4 is 10.6 Å². The van der Waals surface area contributed by atoms with E-state index in [1.165, 1.54) is 12.1 Å². The van der Waals surface area contributed by atoms with Gasteiger partial charge in [-0.3, -0.25) is 4.79 Å². The lowest BCUT2D eigenvalue weighted by Gasteiger charge is -2.25. The SMILES string of the molecule is NCCCN(C(=O)C1CCCO1)c1cccc(F)c1. The summed E-state index contributed by atoms with van der Waals surface area (Å²) in [7, 11) is 0. The number of nitrogens with zero attached hydrogens (tertiary/aromatic N) is 1. The van der Waals surface area contributed by atoms with Crippen LogP contribution in [0.15, 0.2) is 24.3 Å². The van der Waals surface area contributed by atoms with E-state index in [0.717, 1.165) is 12.8 Å². The zero-order valence-electron chi connectivity index (χ0n) is 10.8. The van der Waals surface area contributed by atoms with Crippen LogP contribution in [-0.2, 0) is 9.53 Å². The number of hydrogen-bond donors (Lipinski definition) is 1. The number of benzene rings is 1. The zero-order valence-corrected chi connectivity index (χ0v) is 10.8. The Morgan fingerprint density at radius 1 is 1.53 bits per heavy atom. The first kappa shape index (κ1) is 14.0. The minimum absolute atomic E-state index is 0.100. The summed E-state index contributed by atoms with van der Waals surface area (Å²) in [6.07, 6.45) is 1.90. The van der Waals surface area contributed by atoms with Crippen LogP contribution in [-0.4, -0.2) is 31.7 Å². The van der Waals surface area contributed by atoms with Crippen molar-refractivity contribution in [1.29, 1.82) is 0 Å². The number of nitrogens with two attached hydrogens (primary N) is 1. The van der Waals surface area contributed by atoms with Gasteiger partial charge in [-0.25, -0.2) is 4.39 Å². The van der Waals surface area contributed by atoms with Crippen LogP contribution in [0.4, 0.5) is 10.1 Å². The summed E-state index contributed by atoms with van der Waals surface area (Å²) in [5, 5.41) is 0. The quantitative estimate of drug-likeness (QED) is 0.882. The highest BCUT2D eigenvalue weighted by molar-refractivity contribution is 5.96. The molecule has 1 unspecified atom stereocenters. The summed E-state index contributed by atoms with van der Waals surface area (Å²) >= 11 is 0. The van der Waals surface area contributed by atoms with E-state index in [1.54, 1.807) is 17.0 Å². The maximum atomic E-state index is 13.3. The van der Waals surface area contributed by atoms with Crippen LogP contribution in [0, 0.1) is 5.82 Å². The molecule has 4 nitrogen and oxygen atoms in total. The highest BCUT2D eigenvalue weighted by Crippen LogP contribution is 2.21. The van der Waals surface area contributed by atoms with Crippen molar-refractivity contribution in [3.8, 4) is 0 Å². The fourth-order valence-electron chi connectivity index (χ4n) is 2.21. The van der Waals surface area contributed by atoms with Gasteiger partial charge in [0.05, 0.1) is 0 Å². The van der Waals surface area contributed by atoms with Crippen molar-refractivity contribution in [2.75, 3.05) is 24.6 Å². The molecule has 0 saturated carbocycles. The highest BCUT2D eigenvalue weighted by Gasteiger charge is 2.28. The monoisotopic (exact) mass is 266 g/mol. The average molecular weight is 266 g/mol. The lowest BCUT2D eigenvalue weighted by Crippen LogP contribution is -2.40. The topological polar surface area (TPSA) is 55.6 Å². The second kappa shape index (κ2) is 6.63. The van der Waals surface area contributed by atoms with E-state index in [1.807, 2.05) is 0 Å². The number of carbonyl (C=O) groups is 1. The number of carbonyl (C=O) groups excluding carboxylic acids is 1. The molecule has 2 N–H and O–H groups in total. The first-order valence-corrected chi connectivity index (χ1v) is 6.61. The second-order valence-corrected chi connectivity index (χ2v) is 4.61. The van der Waals surface area contributed by atoms with Crippen LogP contribution in [0.5, 0.6) is 0 Å². The molecule has 1 saturated heterocycles. The third kappa shape index (κ3) is 3.52. The smallest absolute Gasteiger partial charge is 0.256 e. The summed E-state index contributed by atoms with van der Waals surface area (Å²) < 4.78 is 18.7. The summed E-state index contributed by atoms with van der Waals surface area (Å²) in [4.78, 5) is 14.0. The molecule has 1 aromatic rings. The molecule has 1 atom stereocenters. The molecular formula is C14H19FN2O2. The van der Waals surface area contributed by atoms with Gasteiger partial charge < -0.3 is 15.4 Å². The third-order valence-electron chi connectivity index (χ3n) is 3.18. The van der Waals surface area contributed by atoms with Crippen molar-refractivity contribution < 1.29 is 13.9 Å². The Morgan fingerprint density at radius 3 is 3.00 bits per heavy atom. The second-order valence-electron chi connectivity index (χ2n) is 4.61. The van der Waals surface area contributed by atoms with E-state index >= 15 is 0 Å². The van der Waals surface area contributed by atoms with Gasteiger partial charge in [0.25, 0.3) is 5.91 Å². The average Bonchev–Trinajstić information content (AvgIpc) is 2.93. The molecule has 2 rings (SSSR count). The standard InChI is InChI=1S/C14H19FN2O2/c15-11-4-1-5-12(10-11)17(8-3-7-16)14(18)13-6-2-9-19-13/h1,4-5,10,13H,2-3,6-9,16H2. The van der Waals surface area contributed by atoms with Crippen molar-refractivity contribution in [3.05, 3.63) is 30.1 Å². The molecule has 5 heteroatoms. The van der Waals surface area contributed by atoms with Gasteiger partial charge in [-0.05, 0) is 44.0 Å². The Hall–Kier alpha value is -1.46. The van der Waals surface area contributed by atoms with Crippen LogP contribution in [0.2, 0.25) is 0 Å². The lowest BCUT2D eigenvalue weighted by molar-refractivity contribution is -0.127. The molecule has 0 spiro atoms. The Labute approximate surface area is 112 Å². The van der Waals surface area contributed by atoms with Crippen molar-refractivity contribution in [1.82, 2.24) is 0 Å². The Bertz CT molecular complexity index is 433. The van der Waals surface area contributed by atoms with Gasteiger partial charge in [-0.1, -0.05) is 6.07 Å². The number of anilines is 1. The largest absolute Gasteiger partial charge is 0.368 e. The Morgan fingerprint density at radius 2 is 2.37 bits per heavy atom. The molecule has 0 aromatic heterocycles. The number of hydrogen-bond acceptors (Lipinski definition) is 3. The summed E-state index contributed by atoms with van der Waals surface area (Å²) in [5.74, 6) is -0.452. The molecule has 1 aliphatic rings. The van der Waals surface area contributed by atoms with Crippen LogP contribution >= 0.6 is 0 Å². The minimum Gasteiger partial charge on any atom is -0.368 e. The van der Waals surface area contributed by atoms with Crippen LogP contribution in [0.1, 0.15) is 19.3 Å². The van der Waals surface area contributed by atoms with Gasteiger partial charge >= 0.3 is 0 Å². The molecule has 1 aliphatic heterocycles. The Balaban J connectivity index is 2.16. The van der Waals surface area contributed by atoms with Crippen molar-refractivity contribution in [2.24, 2.45) is 5.73 Å². The molecule has 104 valence electrons. The summed E-state index contributed by atoms with van der Waals surface area (Å²) in [6.45, 7) is 1.59. The summed E-state index contributed by atoms with van der Waals surface area (Å²) in [6, 6.07) is 6.06. The van der Waals surface area contributed by atoms with E-state index in [-0.39, 0.29) is 11.7 Å². The van der Waals surface area contributed by atoms with E-state index < -0.39 is 6.10 Å². The van der Waals surface area contributed by atoms with Crippen LogP contribution in [0.25, 0.3) is 0 Å². The first-order chi connectivity index (χ1) is 9.22. The van der Waals surface area contributed by atoms with Gasteiger partial charge in [0.15, 0.2) is 0 Å². The van der Waals surface area contributed by atoms with Gasteiger partial charge in [0.1, 0.15) is 11.9 Å². The lowest BCUT2D eigenvalue weighted by atomic mass is 10.2. The molecule has 1 amide bonds. The van der Waals surface area contributed by atoms with Crippen LogP contribution in [0.3, 0.4) is 0 Å². The van der Waals surface area contributed by atoms with Crippen molar-refractivity contribution >= 4 is 11.6 Å². The number of amides is 1. The van der Waals surface area contributed by atoms with Crippen molar-refractivity contribution in [3.63, 3.8) is 0 Å². The first-order valence-electron chi connectivity index (χ1n) is 6.61. The van der Waals surface area contributed by atoms with E-state index in [2.05, 4.69) is 0 Å². The van der Waals surface area contributed by atoms with E-state index in [0.29, 0.717) is 31.8 Å². The highest BCUT2D eigenvalue weighted by atomic mass is 19.1. The summed E-state index contributed by atoms with van der Waals surface area (Å²) in [5.41, 5.74) is 6.06. The molecule has 19 heavy (non-hydrogen) atoms. The zero-order chi connectivity index (χ0) is 13.7. The van der Waals surface area contributed by atoms with Gasteiger partial charge in [-0.2, -0.15) is 0 Å². The number of halogens is 1. The maximum absolute atomic E-state index is 13.3. The van der Waals surface area contributed by atoms with Gasteiger partial charge in [0, 0.05) is 18.8 Å². The van der Waals surface area contributed by atoms with E-state index in [9.17, 15) is 9.18 Å². The molecular weight excluding hydrogens is 247 g/mol. The third-order valence-corrected chi connectivity index (χ3v) is 3.18. The number of ether oxygens (including phenoxy) is 1. The maximum Gasteiger partial charge on any atom is 0.256 e. The molecule has 1 aromatic carbocycles. The molecule has 1 heterocycles. The molecule has 0 aliphatic carbocycles. The minimum atomic E-state index is -0.402. The Kier molecular flexibility index (Phi) is 4.87. The van der Waals surface area contributed by atoms with Gasteiger partial charge in [-0.15, -0.1) is 0 Å². The normalized spacial score (nSPS) is 18.5. The molecule has 0 radical (unpaired) electrons. The van der Waals surface area contributed by atoms with Gasteiger partial charge in [0.2, 0.25) is 0 Å². The van der Waals surface area contributed by atoms with E-state index in [4.69, 9.17) is 10.5 Å². The van der Waals surface area contributed by atoms with Crippen molar-refractivity contribution in [2.45, 2.75) is 25.4 Å². The molecule has 1 fully saturated rings. The fraction of sp³-hybridized carbons (Fsp3) is 0.500. The predicted molar refractivity (Wildman–Crippen MR) is 71.4 cm³/mol. The molecule has 0 bridgehead atoms. The number of rotatable bonds is 5. The predicted octanol–water partition coefficient (Wildman–Crippen LogP) is 1.69. The fourth-order valence-corrected chi connectivity index (χ4v) is 2.21.